The van der Waals surface area contributed by atoms with E-state index in [4.69, 9.17) is 0 Å². The quantitative estimate of drug-likeness (QED) is 0.132. The minimum atomic E-state index is 0.260. The first kappa shape index (κ1) is 45.5. The summed E-state index contributed by atoms with van der Waals surface area (Å²) in [6.45, 7) is 41.0. The van der Waals surface area contributed by atoms with Crippen LogP contribution in [0.5, 0.6) is 0 Å². The van der Waals surface area contributed by atoms with Crippen LogP contribution in [0.15, 0.2) is 12.1 Å². The number of hydrogen-bond acceptors (Lipinski definition) is 0. The molecule has 1 heteroatoms. The van der Waals surface area contributed by atoms with Crippen molar-refractivity contribution in [3.05, 3.63) is 67.8 Å². The summed E-state index contributed by atoms with van der Waals surface area (Å²) < 4.78 is 0. The van der Waals surface area contributed by atoms with Gasteiger partial charge in [-0.1, -0.05) is 123 Å². The number of benzene rings is 2. The molecule has 5 aliphatic rings. The van der Waals surface area contributed by atoms with Gasteiger partial charge in [-0.15, -0.1) is 0 Å². The summed E-state index contributed by atoms with van der Waals surface area (Å²) >= 11 is 0. The normalized spacial score (nSPS) is 26.0. The predicted octanol–water partition coefficient (Wildman–Crippen LogP) is 17.3. The second kappa shape index (κ2) is 15.6. The minimum absolute atomic E-state index is 0.260. The van der Waals surface area contributed by atoms with Gasteiger partial charge in [0.25, 0.3) is 0 Å². The average molecular weight is 800 g/mol. The molecule has 7 rings (SSSR count). The first-order valence-corrected chi connectivity index (χ1v) is 26.5. The number of hydrogen-bond donors (Lipinski definition) is 0. The van der Waals surface area contributed by atoms with Crippen molar-refractivity contribution < 1.29 is 0 Å². The Bertz CT molecular complexity index is 1600. The van der Waals surface area contributed by atoms with Gasteiger partial charge in [-0.2, -0.15) is 0 Å². The van der Waals surface area contributed by atoms with Crippen LogP contribution in [-0.2, 0) is 43.3 Å². The van der Waals surface area contributed by atoms with Crippen LogP contribution >= 0.6 is 0 Å². The second-order valence-corrected chi connectivity index (χ2v) is 22.1. The van der Waals surface area contributed by atoms with Gasteiger partial charge in [0.1, 0.15) is 7.28 Å². The summed E-state index contributed by atoms with van der Waals surface area (Å²) in [5.41, 5.74) is 20.8. The smallest absolute Gasteiger partial charge is 0.0645 e. The lowest BCUT2D eigenvalue weighted by atomic mass is 9.67. The number of rotatable bonds is 18. The lowest BCUT2D eigenvalue weighted by Crippen LogP contribution is -2.30. The molecule has 0 saturated carbocycles. The Balaban J connectivity index is 1.66. The minimum Gasteiger partial charge on any atom is -0.0645 e. The summed E-state index contributed by atoms with van der Waals surface area (Å²) in [6, 6.07) is 5.88. The van der Waals surface area contributed by atoms with E-state index < -0.39 is 0 Å². The van der Waals surface area contributed by atoms with E-state index in [0.29, 0.717) is 11.6 Å². The number of fused-ring (bicyclic) bond motifs is 4. The molecular weight excluding hydrogens is 707 g/mol. The van der Waals surface area contributed by atoms with Crippen LogP contribution in [-0.4, -0.2) is 7.28 Å². The zero-order valence-electron chi connectivity index (χ0n) is 42.0. The fourth-order valence-electron chi connectivity index (χ4n) is 17.0. The molecule has 2 aromatic carbocycles. The summed E-state index contributed by atoms with van der Waals surface area (Å²) in [7, 11) is 3.00. The van der Waals surface area contributed by atoms with Gasteiger partial charge >= 0.3 is 0 Å². The average Bonchev–Trinajstić information content (AvgIpc) is 3.72. The van der Waals surface area contributed by atoms with Gasteiger partial charge in [-0.05, 0) is 239 Å². The summed E-state index contributed by atoms with van der Waals surface area (Å²) in [5, 5.41) is 0. The Morgan fingerprint density at radius 2 is 0.475 bits per heavy atom. The predicted molar refractivity (Wildman–Crippen MR) is 261 cm³/mol. The van der Waals surface area contributed by atoms with E-state index in [0.717, 1.165) is 0 Å². The molecular formula is C58H92B. The fraction of sp³-hybridized carbons (Fsp3) is 0.793. The van der Waals surface area contributed by atoms with Gasteiger partial charge < -0.3 is 0 Å². The molecule has 1 heterocycles. The Morgan fingerprint density at radius 1 is 0.305 bits per heavy atom. The molecule has 327 valence electrons. The van der Waals surface area contributed by atoms with Crippen LogP contribution in [0.4, 0.5) is 0 Å². The molecule has 2 aromatic rings. The van der Waals surface area contributed by atoms with E-state index in [-0.39, 0.29) is 43.3 Å². The Labute approximate surface area is 367 Å². The van der Waals surface area contributed by atoms with Crippen LogP contribution in [0.3, 0.4) is 0 Å². The molecule has 4 aliphatic carbocycles. The van der Waals surface area contributed by atoms with Crippen molar-refractivity contribution in [2.24, 2.45) is 0 Å². The zero-order valence-corrected chi connectivity index (χ0v) is 42.0. The van der Waals surface area contributed by atoms with Gasteiger partial charge in [0.05, 0.1) is 0 Å². The maximum Gasteiger partial charge on any atom is 0.129 e. The van der Waals surface area contributed by atoms with E-state index in [1.165, 1.54) is 128 Å². The van der Waals surface area contributed by atoms with E-state index in [1.54, 1.807) is 0 Å². The fourth-order valence-corrected chi connectivity index (χ4v) is 17.0. The van der Waals surface area contributed by atoms with Gasteiger partial charge in [0, 0.05) is 0 Å². The van der Waals surface area contributed by atoms with Gasteiger partial charge in [0.15, 0.2) is 0 Å². The molecule has 0 nitrogen and oxygen atoms in total. The summed E-state index contributed by atoms with van der Waals surface area (Å²) in [4.78, 5) is 0. The third kappa shape index (κ3) is 5.64. The summed E-state index contributed by atoms with van der Waals surface area (Å²) in [6.07, 6.45) is 25.7. The standard InChI is InChI=1S/C58H92B/c1-17-51(18-2)35-55(25-9,26-10)45-39(51)33-40-46(56(27-11,28-12)36-52(40,19-3)20-4)43(45)49-50(59-49)44-47-41(53(21-5,22-6)37-57(47,29-13)30-14)34-42-48(44)58(31-15,32-16)38-54(42,23-7)24-8/h33-34,49-50H,17-32,35-38H2,1-16H3. The highest BCUT2D eigenvalue weighted by Crippen LogP contribution is 2.71. The van der Waals surface area contributed by atoms with Crippen molar-refractivity contribution in [1.29, 1.82) is 0 Å². The van der Waals surface area contributed by atoms with E-state index in [9.17, 15) is 0 Å². The molecule has 59 heavy (non-hydrogen) atoms. The second-order valence-electron chi connectivity index (χ2n) is 22.1. The lowest BCUT2D eigenvalue weighted by molar-refractivity contribution is 0.276. The summed E-state index contributed by atoms with van der Waals surface area (Å²) in [5.74, 6) is 1.04. The SMILES string of the molecule is CCC1(CC)CC(CC)(CC)c2c1cc1c(c2C2[B]C2c2c3c(cc4c2C(CC)(CC)CC4(CC)CC)C(CC)(CC)CC3(CC)CC)C(CC)(CC)CC1(CC)CC. The van der Waals surface area contributed by atoms with Crippen LogP contribution in [0.2, 0.25) is 0 Å². The molecule has 1 saturated heterocycles. The zero-order chi connectivity index (χ0) is 43.2. The molecule has 2 unspecified atom stereocenters. The van der Waals surface area contributed by atoms with Crippen LogP contribution in [0.1, 0.15) is 306 Å². The van der Waals surface area contributed by atoms with Crippen LogP contribution < -0.4 is 0 Å². The third-order valence-corrected chi connectivity index (χ3v) is 22.0. The Morgan fingerprint density at radius 3 is 0.627 bits per heavy atom. The van der Waals surface area contributed by atoms with Crippen LogP contribution in [0.25, 0.3) is 0 Å². The van der Waals surface area contributed by atoms with Crippen molar-refractivity contribution in [3.63, 3.8) is 0 Å². The monoisotopic (exact) mass is 800 g/mol. The first-order chi connectivity index (χ1) is 28.2. The largest absolute Gasteiger partial charge is 0.129 e. The first-order valence-electron chi connectivity index (χ1n) is 26.5. The van der Waals surface area contributed by atoms with Crippen molar-refractivity contribution in [1.82, 2.24) is 0 Å². The van der Waals surface area contributed by atoms with Crippen LogP contribution in [0, 0.1) is 0 Å². The van der Waals surface area contributed by atoms with Crippen molar-refractivity contribution in [3.8, 4) is 0 Å². The van der Waals surface area contributed by atoms with E-state index in [1.807, 2.05) is 55.6 Å². The molecule has 2 atom stereocenters. The van der Waals surface area contributed by atoms with E-state index in [2.05, 4.69) is 130 Å². The Hall–Kier alpha value is -1.50. The molecule has 1 radical (unpaired) electrons. The topological polar surface area (TPSA) is 0 Å². The maximum absolute atomic E-state index is 3.00. The maximum atomic E-state index is 3.00. The van der Waals surface area contributed by atoms with Crippen molar-refractivity contribution in [2.45, 2.75) is 294 Å². The van der Waals surface area contributed by atoms with Gasteiger partial charge in [-0.3, -0.25) is 0 Å². The molecule has 0 spiro atoms. The molecule has 0 N–H and O–H groups in total. The Kier molecular flexibility index (Phi) is 12.1. The highest BCUT2D eigenvalue weighted by atomic mass is 14.6. The molecule has 1 aliphatic heterocycles. The highest BCUT2D eigenvalue weighted by molar-refractivity contribution is 6.54. The molecule has 0 aromatic heterocycles. The third-order valence-electron chi connectivity index (χ3n) is 22.0. The van der Waals surface area contributed by atoms with Crippen molar-refractivity contribution in [2.75, 3.05) is 0 Å². The van der Waals surface area contributed by atoms with Crippen molar-refractivity contribution >= 4 is 7.28 Å². The molecule has 1 fully saturated rings. The lowest BCUT2D eigenvalue weighted by Gasteiger charge is -2.38. The molecule has 0 amide bonds. The van der Waals surface area contributed by atoms with Gasteiger partial charge in [-0.25, -0.2) is 0 Å². The molecule has 0 bridgehead atoms. The highest BCUT2D eigenvalue weighted by Gasteiger charge is 2.63. The van der Waals surface area contributed by atoms with Gasteiger partial charge in [0.2, 0.25) is 0 Å². The van der Waals surface area contributed by atoms with E-state index >= 15 is 0 Å².